The van der Waals surface area contributed by atoms with E-state index < -0.39 is 11.7 Å². The quantitative estimate of drug-likeness (QED) is 0.759. The zero-order chi connectivity index (χ0) is 14.0. The summed E-state index contributed by atoms with van der Waals surface area (Å²) in [7, 11) is 0. The Morgan fingerprint density at radius 1 is 1.21 bits per heavy atom. The summed E-state index contributed by atoms with van der Waals surface area (Å²) in [6.07, 6.45) is 0. The van der Waals surface area contributed by atoms with E-state index in [0.29, 0.717) is 11.4 Å². The first-order valence-corrected chi connectivity index (χ1v) is 6.88. The van der Waals surface area contributed by atoms with Gasteiger partial charge in [-0.2, -0.15) is 0 Å². The number of hydrogen-bond acceptors (Lipinski definition) is 2. The molecule has 0 spiro atoms. The van der Waals surface area contributed by atoms with Gasteiger partial charge in [0.05, 0.1) is 21.4 Å². The topological polar surface area (TPSA) is 55.1 Å². The number of anilines is 2. The molecular weight excluding hydrogens is 379 g/mol. The Morgan fingerprint density at radius 3 is 2.63 bits per heavy atom. The molecule has 0 fully saturated rings. The molecule has 19 heavy (non-hydrogen) atoms. The minimum Gasteiger partial charge on any atom is -0.397 e. The van der Waals surface area contributed by atoms with Crippen LogP contribution < -0.4 is 11.1 Å². The largest absolute Gasteiger partial charge is 0.397 e. The Labute approximate surface area is 126 Å². The van der Waals surface area contributed by atoms with Crippen LogP contribution in [0.3, 0.4) is 0 Å². The molecule has 0 bridgehead atoms. The molecule has 3 N–H and O–H groups in total. The monoisotopic (exact) mass is 386 g/mol. The Kier molecular flexibility index (Phi) is 4.21. The van der Waals surface area contributed by atoms with Crippen LogP contribution in [0.15, 0.2) is 45.3 Å². The fourth-order valence-electron chi connectivity index (χ4n) is 1.52. The molecule has 2 aromatic rings. The molecule has 6 heteroatoms. The van der Waals surface area contributed by atoms with Crippen molar-refractivity contribution in [2.45, 2.75) is 0 Å². The summed E-state index contributed by atoms with van der Waals surface area (Å²) in [5, 5.41) is 2.58. The van der Waals surface area contributed by atoms with Crippen LogP contribution in [0.1, 0.15) is 10.4 Å². The highest BCUT2D eigenvalue weighted by atomic mass is 79.9. The van der Waals surface area contributed by atoms with E-state index >= 15 is 0 Å². The maximum Gasteiger partial charge on any atom is 0.258 e. The smallest absolute Gasteiger partial charge is 0.258 e. The number of carbonyl (C=O) groups is 1. The van der Waals surface area contributed by atoms with Crippen LogP contribution in [0.25, 0.3) is 0 Å². The van der Waals surface area contributed by atoms with Crippen LogP contribution >= 0.6 is 31.9 Å². The lowest BCUT2D eigenvalue weighted by molar-refractivity contribution is 0.102. The summed E-state index contributed by atoms with van der Waals surface area (Å²) < 4.78 is 14.8. The molecule has 0 saturated heterocycles. The molecule has 0 radical (unpaired) electrons. The Balaban J connectivity index is 2.28. The molecule has 0 aliphatic carbocycles. The second-order valence-corrected chi connectivity index (χ2v) is 5.56. The third kappa shape index (κ3) is 3.13. The van der Waals surface area contributed by atoms with E-state index in [1.165, 1.54) is 12.1 Å². The predicted octanol–water partition coefficient (Wildman–Crippen LogP) is 4.19. The summed E-state index contributed by atoms with van der Waals surface area (Å²) in [5.74, 6) is -1.15. The van der Waals surface area contributed by atoms with E-state index in [2.05, 4.69) is 37.2 Å². The van der Waals surface area contributed by atoms with E-state index in [4.69, 9.17) is 5.73 Å². The van der Waals surface area contributed by atoms with Crippen LogP contribution in [0, 0.1) is 5.82 Å². The first-order chi connectivity index (χ1) is 8.99. The van der Waals surface area contributed by atoms with Gasteiger partial charge in [0, 0.05) is 4.47 Å². The first-order valence-electron chi connectivity index (χ1n) is 5.29. The van der Waals surface area contributed by atoms with E-state index in [0.717, 1.165) is 4.47 Å². The number of nitrogen functional groups attached to an aromatic ring is 1. The van der Waals surface area contributed by atoms with Crippen LogP contribution in [-0.2, 0) is 0 Å². The van der Waals surface area contributed by atoms with Crippen molar-refractivity contribution >= 4 is 49.1 Å². The highest BCUT2D eigenvalue weighted by Gasteiger charge is 2.14. The van der Waals surface area contributed by atoms with Crippen molar-refractivity contribution in [3.63, 3.8) is 0 Å². The lowest BCUT2D eigenvalue weighted by atomic mass is 10.2. The van der Waals surface area contributed by atoms with Crippen molar-refractivity contribution in [2.75, 3.05) is 11.1 Å². The molecule has 0 aliphatic rings. The highest BCUT2D eigenvalue weighted by Crippen LogP contribution is 2.25. The van der Waals surface area contributed by atoms with Gasteiger partial charge in [0.25, 0.3) is 5.91 Å². The zero-order valence-electron chi connectivity index (χ0n) is 9.58. The number of nitrogens with two attached hydrogens (primary N) is 1. The number of benzene rings is 2. The van der Waals surface area contributed by atoms with E-state index in [9.17, 15) is 9.18 Å². The highest BCUT2D eigenvalue weighted by molar-refractivity contribution is 9.10. The molecule has 98 valence electrons. The lowest BCUT2D eigenvalue weighted by Crippen LogP contribution is -2.15. The van der Waals surface area contributed by atoms with Gasteiger partial charge >= 0.3 is 0 Å². The minimum absolute atomic E-state index is 0.0447. The molecule has 0 unspecified atom stereocenters. The van der Waals surface area contributed by atoms with Crippen molar-refractivity contribution in [1.29, 1.82) is 0 Å². The molecule has 0 aliphatic heterocycles. The van der Waals surface area contributed by atoms with Crippen LogP contribution in [0.2, 0.25) is 0 Å². The molecule has 2 aromatic carbocycles. The Hall–Kier alpha value is -1.40. The summed E-state index contributed by atoms with van der Waals surface area (Å²) in [4.78, 5) is 12.0. The molecular formula is C13H9Br2FN2O. The van der Waals surface area contributed by atoms with Crippen molar-refractivity contribution < 1.29 is 9.18 Å². The number of nitrogens with one attached hydrogen (secondary N) is 1. The minimum atomic E-state index is -0.601. The van der Waals surface area contributed by atoms with Gasteiger partial charge in [0.2, 0.25) is 0 Å². The lowest BCUT2D eigenvalue weighted by Gasteiger charge is -2.09. The van der Waals surface area contributed by atoms with Crippen molar-refractivity contribution in [3.8, 4) is 0 Å². The SMILES string of the molecule is Nc1cc(Br)ccc1NC(=O)c1cccc(Br)c1F. The van der Waals surface area contributed by atoms with Gasteiger partial charge in [0.15, 0.2) is 0 Å². The molecule has 0 aromatic heterocycles. The predicted molar refractivity (Wildman–Crippen MR) is 80.6 cm³/mol. The molecule has 3 nitrogen and oxygen atoms in total. The van der Waals surface area contributed by atoms with Gasteiger partial charge in [-0.15, -0.1) is 0 Å². The number of rotatable bonds is 2. The number of halogens is 3. The Morgan fingerprint density at radius 2 is 1.95 bits per heavy atom. The molecule has 0 saturated carbocycles. The first kappa shape index (κ1) is 14.0. The maximum atomic E-state index is 13.8. The fourth-order valence-corrected chi connectivity index (χ4v) is 2.26. The van der Waals surface area contributed by atoms with Crippen LogP contribution in [0.4, 0.5) is 15.8 Å². The van der Waals surface area contributed by atoms with Gasteiger partial charge in [0.1, 0.15) is 5.82 Å². The molecule has 0 atom stereocenters. The molecule has 2 rings (SSSR count). The number of hydrogen-bond donors (Lipinski definition) is 2. The number of amides is 1. The third-order valence-corrected chi connectivity index (χ3v) is 3.56. The van der Waals surface area contributed by atoms with Gasteiger partial charge in [-0.25, -0.2) is 4.39 Å². The average Bonchev–Trinajstić information content (AvgIpc) is 2.36. The second-order valence-electron chi connectivity index (χ2n) is 3.79. The van der Waals surface area contributed by atoms with Gasteiger partial charge < -0.3 is 11.1 Å². The molecule has 1 amide bonds. The molecule has 0 heterocycles. The summed E-state index contributed by atoms with van der Waals surface area (Å²) in [6.45, 7) is 0. The van der Waals surface area contributed by atoms with E-state index in [1.807, 2.05) is 0 Å². The third-order valence-electron chi connectivity index (χ3n) is 2.46. The maximum absolute atomic E-state index is 13.8. The van der Waals surface area contributed by atoms with Crippen molar-refractivity contribution in [1.82, 2.24) is 0 Å². The van der Waals surface area contributed by atoms with E-state index in [1.54, 1.807) is 24.3 Å². The van der Waals surface area contributed by atoms with Crippen molar-refractivity contribution in [3.05, 3.63) is 56.7 Å². The zero-order valence-corrected chi connectivity index (χ0v) is 12.8. The van der Waals surface area contributed by atoms with Crippen molar-refractivity contribution in [2.24, 2.45) is 0 Å². The summed E-state index contributed by atoms with van der Waals surface area (Å²) >= 11 is 6.31. The second kappa shape index (κ2) is 5.71. The van der Waals surface area contributed by atoms with E-state index in [-0.39, 0.29) is 10.0 Å². The number of carbonyl (C=O) groups excluding carboxylic acids is 1. The summed E-state index contributed by atoms with van der Waals surface area (Å²) in [5.41, 5.74) is 6.56. The average molecular weight is 388 g/mol. The van der Waals surface area contributed by atoms with Gasteiger partial charge in [-0.05, 0) is 46.3 Å². The van der Waals surface area contributed by atoms with Crippen LogP contribution in [-0.4, -0.2) is 5.91 Å². The normalized spacial score (nSPS) is 10.3. The van der Waals surface area contributed by atoms with Gasteiger partial charge in [-0.3, -0.25) is 4.79 Å². The fraction of sp³-hybridized carbons (Fsp3) is 0. The van der Waals surface area contributed by atoms with Crippen LogP contribution in [0.5, 0.6) is 0 Å². The van der Waals surface area contributed by atoms with Gasteiger partial charge in [-0.1, -0.05) is 22.0 Å². The Bertz CT molecular complexity index is 647. The summed E-state index contributed by atoms with van der Waals surface area (Å²) in [6, 6.07) is 9.57. The standard InChI is InChI=1S/C13H9Br2FN2O/c14-7-4-5-11(10(17)6-7)18-13(19)8-2-1-3-9(15)12(8)16/h1-6H,17H2,(H,18,19).